The predicted octanol–water partition coefficient (Wildman–Crippen LogP) is 0.540. The summed E-state index contributed by atoms with van der Waals surface area (Å²) < 4.78 is 0. The molecule has 3 N–H and O–H groups in total. The Hall–Kier alpha value is -0.760. The van der Waals surface area contributed by atoms with Gasteiger partial charge >= 0.3 is 0 Å². The maximum atomic E-state index is 9.11. The number of hydrogen-bond donors (Lipinski definition) is 2. The Labute approximate surface area is 54.7 Å². The first-order chi connectivity index (χ1) is 4.20. The van der Waals surface area contributed by atoms with Crippen LogP contribution in [0.3, 0.4) is 0 Å². The summed E-state index contributed by atoms with van der Waals surface area (Å²) in [6, 6.07) is 0. The lowest BCUT2D eigenvalue weighted by Gasteiger charge is -2.14. The van der Waals surface area contributed by atoms with Gasteiger partial charge in [-0.15, -0.1) is 0 Å². The van der Waals surface area contributed by atoms with Gasteiger partial charge in [0.05, 0.1) is 6.10 Å². The fraction of sp³-hybridized carbons (Fsp3) is 0.429. The number of aliphatic hydroxyl groups is 1. The van der Waals surface area contributed by atoms with Crippen LogP contribution in [-0.2, 0) is 0 Å². The van der Waals surface area contributed by atoms with E-state index < -0.39 is 6.10 Å². The Bertz CT molecular complexity index is 170. The Morgan fingerprint density at radius 3 is 2.78 bits per heavy atom. The summed E-state index contributed by atoms with van der Waals surface area (Å²) in [5, 5.41) is 9.11. The van der Waals surface area contributed by atoms with Gasteiger partial charge in [-0.2, -0.15) is 0 Å². The average molecular weight is 125 g/mol. The summed E-state index contributed by atoms with van der Waals surface area (Å²) in [4.78, 5) is 0. The highest BCUT2D eigenvalue weighted by Gasteiger charge is 2.10. The van der Waals surface area contributed by atoms with Crippen molar-refractivity contribution >= 4 is 0 Å². The highest BCUT2D eigenvalue weighted by atomic mass is 16.3. The highest BCUT2D eigenvalue weighted by molar-refractivity contribution is 5.24. The van der Waals surface area contributed by atoms with Crippen LogP contribution in [0.25, 0.3) is 0 Å². The number of nitrogens with two attached hydrogens (primary N) is 1. The molecule has 0 saturated heterocycles. The van der Waals surface area contributed by atoms with Gasteiger partial charge in [0.2, 0.25) is 0 Å². The van der Waals surface area contributed by atoms with Crippen LogP contribution in [0.1, 0.15) is 13.3 Å². The Balaban J connectivity index is 2.74. The predicted molar refractivity (Wildman–Crippen MR) is 36.7 cm³/mol. The Kier molecular flexibility index (Phi) is 1.58. The summed E-state index contributed by atoms with van der Waals surface area (Å²) in [6.07, 6.45) is 3.92. The summed E-state index contributed by atoms with van der Waals surface area (Å²) >= 11 is 0. The van der Waals surface area contributed by atoms with Gasteiger partial charge in [-0.05, 0) is 19.4 Å². The summed E-state index contributed by atoms with van der Waals surface area (Å²) in [7, 11) is 0. The summed E-state index contributed by atoms with van der Waals surface area (Å²) in [5.74, 6) is 0. The van der Waals surface area contributed by atoms with E-state index in [2.05, 4.69) is 0 Å². The third-order valence-corrected chi connectivity index (χ3v) is 1.46. The van der Waals surface area contributed by atoms with E-state index in [1.165, 1.54) is 5.57 Å². The zero-order chi connectivity index (χ0) is 6.85. The van der Waals surface area contributed by atoms with E-state index in [9.17, 15) is 0 Å². The van der Waals surface area contributed by atoms with Crippen molar-refractivity contribution < 1.29 is 5.11 Å². The van der Waals surface area contributed by atoms with Crippen LogP contribution in [0, 0.1) is 0 Å². The maximum Gasteiger partial charge on any atom is 0.0969 e. The SMILES string of the molecule is CC1=CC=C(N)C(O)C1. The minimum atomic E-state index is -0.449. The first kappa shape index (κ1) is 6.36. The Morgan fingerprint density at radius 2 is 2.33 bits per heavy atom. The number of allylic oxidation sites excluding steroid dienone is 2. The lowest BCUT2D eigenvalue weighted by molar-refractivity contribution is 0.207. The van der Waals surface area contributed by atoms with E-state index in [1.54, 1.807) is 6.08 Å². The normalized spacial score (nSPS) is 27.1. The van der Waals surface area contributed by atoms with E-state index in [4.69, 9.17) is 10.8 Å². The van der Waals surface area contributed by atoms with Crippen LogP contribution < -0.4 is 5.73 Å². The fourth-order valence-corrected chi connectivity index (χ4v) is 0.840. The number of aliphatic hydroxyl groups excluding tert-OH is 1. The van der Waals surface area contributed by atoms with Crippen molar-refractivity contribution in [1.82, 2.24) is 0 Å². The van der Waals surface area contributed by atoms with Gasteiger partial charge in [0.25, 0.3) is 0 Å². The molecule has 0 aromatic carbocycles. The molecule has 2 heteroatoms. The molecule has 9 heavy (non-hydrogen) atoms. The molecule has 0 aromatic heterocycles. The molecule has 1 unspecified atom stereocenters. The molecule has 0 amide bonds. The standard InChI is InChI=1S/C7H11NO/c1-5-2-3-6(8)7(9)4-5/h2-3,7,9H,4,8H2,1H3. The van der Waals surface area contributed by atoms with Gasteiger partial charge in [0.1, 0.15) is 0 Å². The van der Waals surface area contributed by atoms with Crippen LogP contribution in [0.4, 0.5) is 0 Å². The van der Waals surface area contributed by atoms with Crippen molar-refractivity contribution in [2.24, 2.45) is 5.73 Å². The lowest BCUT2D eigenvalue weighted by Crippen LogP contribution is -2.19. The van der Waals surface area contributed by atoms with Gasteiger partial charge in [-0.3, -0.25) is 0 Å². The molecule has 0 aliphatic heterocycles. The van der Waals surface area contributed by atoms with Gasteiger partial charge in [-0.1, -0.05) is 11.6 Å². The Morgan fingerprint density at radius 1 is 1.67 bits per heavy atom. The second kappa shape index (κ2) is 2.23. The minimum Gasteiger partial charge on any atom is -0.400 e. The van der Waals surface area contributed by atoms with Crippen LogP contribution in [-0.4, -0.2) is 11.2 Å². The topological polar surface area (TPSA) is 46.2 Å². The zero-order valence-corrected chi connectivity index (χ0v) is 5.46. The third kappa shape index (κ3) is 1.33. The van der Waals surface area contributed by atoms with Crippen molar-refractivity contribution in [3.05, 3.63) is 23.4 Å². The van der Waals surface area contributed by atoms with Crippen molar-refractivity contribution in [2.75, 3.05) is 0 Å². The van der Waals surface area contributed by atoms with Crippen molar-refractivity contribution in [1.29, 1.82) is 0 Å². The highest BCUT2D eigenvalue weighted by Crippen LogP contribution is 2.14. The summed E-state index contributed by atoms with van der Waals surface area (Å²) in [5.41, 5.74) is 7.15. The average Bonchev–Trinajstić information content (AvgIpc) is 1.80. The molecule has 0 saturated carbocycles. The summed E-state index contributed by atoms with van der Waals surface area (Å²) in [6.45, 7) is 1.98. The molecule has 1 atom stereocenters. The van der Waals surface area contributed by atoms with Crippen LogP contribution in [0.5, 0.6) is 0 Å². The minimum absolute atomic E-state index is 0.449. The van der Waals surface area contributed by atoms with Gasteiger partial charge < -0.3 is 10.8 Å². The molecule has 0 fully saturated rings. The number of rotatable bonds is 0. The first-order valence-corrected chi connectivity index (χ1v) is 3.01. The zero-order valence-electron chi connectivity index (χ0n) is 5.46. The van der Waals surface area contributed by atoms with Crippen LogP contribution in [0.2, 0.25) is 0 Å². The quantitative estimate of drug-likeness (QED) is 0.496. The van der Waals surface area contributed by atoms with Gasteiger partial charge in [-0.25, -0.2) is 0 Å². The molecule has 0 radical (unpaired) electrons. The van der Waals surface area contributed by atoms with Crippen LogP contribution in [0.15, 0.2) is 23.4 Å². The van der Waals surface area contributed by atoms with Crippen molar-refractivity contribution in [2.45, 2.75) is 19.4 Å². The second-order valence-corrected chi connectivity index (χ2v) is 2.40. The smallest absolute Gasteiger partial charge is 0.0969 e. The molecular formula is C7H11NO. The molecule has 1 aliphatic rings. The first-order valence-electron chi connectivity index (χ1n) is 3.01. The second-order valence-electron chi connectivity index (χ2n) is 2.40. The monoisotopic (exact) mass is 125 g/mol. The van der Waals surface area contributed by atoms with Crippen molar-refractivity contribution in [3.63, 3.8) is 0 Å². The molecule has 50 valence electrons. The molecule has 0 aromatic rings. The van der Waals surface area contributed by atoms with Crippen LogP contribution >= 0.6 is 0 Å². The lowest BCUT2D eigenvalue weighted by atomic mass is 10.0. The maximum absolute atomic E-state index is 9.11. The van der Waals surface area contributed by atoms with Gasteiger partial charge in [0, 0.05) is 5.70 Å². The van der Waals surface area contributed by atoms with Crippen molar-refractivity contribution in [3.8, 4) is 0 Å². The molecule has 2 nitrogen and oxygen atoms in total. The molecule has 0 spiro atoms. The van der Waals surface area contributed by atoms with E-state index in [0.717, 1.165) is 0 Å². The van der Waals surface area contributed by atoms with E-state index in [1.807, 2.05) is 13.0 Å². The molecule has 0 heterocycles. The molecular weight excluding hydrogens is 114 g/mol. The number of hydrogen-bond acceptors (Lipinski definition) is 2. The fourth-order valence-electron chi connectivity index (χ4n) is 0.840. The largest absolute Gasteiger partial charge is 0.400 e. The molecule has 1 rings (SSSR count). The molecule has 0 bridgehead atoms. The van der Waals surface area contributed by atoms with E-state index >= 15 is 0 Å². The van der Waals surface area contributed by atoms with E-state index in [-0.39, 0.29) is 0 Å². The molecule has 1 aliphatic carbocycles. The third-order valence-electron chi connectivity index (χ3n) is 1.46. The van der Waals surface area contributed by atoms with Gasteiger partial charge in [0.15, 0.2) is 0 Å². The van der Waals surface area contributed by atoms with E-state index in [0.29, 0.717) is 12.1 Å².